The zero-order valence-corrected chi connectivity index (χ0v) is 12.8. The van der Waals surface area contributed by atoms with Gasteiger partial charge in [-0.1, -0.05) is 13.8 Å². The molecule has 0 saturated carbocycles. The van der Waals surface area contributed by atoms with Crippen molar-refractivity contribution in [1.29, 1.82) is 0 Å². The lowest BCUT2D eigenvalue weighted by Crippen LogP contribution is -2.33. The largest absolute Gasteiger partial charge is 0.495 e. The molecule has 1 atom stereocenters. The molecule has 1 aromatic carbocycles. The van der Waals surface area contributed by atoms with E-state index in [1.165, 1.54) is 25.3 Å². The van der Waals surface area contributed by atoms with E-state index in [9.17, 15) is 13.5 Å². The van der Waals surface area contributed by atoms with Crippen LogP contribution in [0.2, 0.25) is 0 Å². The maximum atomic E-state index is 12.2. The fraction of sp³-hybridized carbons (Fsp3) is 0.538. The number of nitrogens with one attached hydrogen (secondary N) is 1. The Kier molecular flexibility index (Phi) is 5.79. The van der Waals surface area contributed by atoms with Gasteiger partial charge in [-0.15, -0.1) is 0 Å². The maximum Gasteiger partial charge on any atom is 0.244 e. The van der Waals surface area contributed by atoms with Crippen molar-refractivity contribution in [2.75, 3.05) is 19.4 Å². The lowest BCUT2D eigenvalue weighted by atomic mass is 10.1. The van der Waals surface area contributed by atoms with E-state index >= 15 is 0 Å². The number of methoxy groups -OCH3 is 1. The summed E-state index contributed by atoms with van der Waals surface area (Å²) in [5, 5.41) is 9.72. The molecule has 1 rings (SSSR count). The maximum absolute atomic E-state index is 12.2. The van der Waals surface area contributed by atoms with Crippen molar-refractivity contribution >= 4 is 15.7 Å². The second kappa shape index (κ2) is 6.92. The molecule has 0 aromatic heterocycles. The molecule has 0 bridgehead atoms. The number of nitrogens with two attached hydrogens (primary N) is 1. The standard InChI is InChI=1S/C13H22N2O4S/c1-9(2)6-11(16)8-15-20(17,18)13-5-4-10(14)7-12(13)19-3/h4-5,7,9,11,15-16H,6,8,14H2,1-3H3. The highest BCUT2D eigenvalue weighted by atomic mass is 32.2. The summed E-state index contributed by atoms with van der Waals surface area (Å²) in [6.45, 7) is 3.88. The van der Waals surface area contributed by atoms with Crippen LogP contribution < -0.4 is 15.2 Å². The fourth-order valence-corrected chi connectivity index (χ4v) is 3.04. The number of aliphatic hydroxyl groups is 1. The molecule has 0 spiro atoms. The first-order valence-electron chi connectivity index (χ1n) is 6.37. The Bertz CT molecular complexity index is 543. The van der Waals surface area contributed by atoms with Crippen LogP contribution >= 0.6 is 0 Å². The highest BCUT2D eigenvalue weighted by Crippen LogP contribution is 2.25. The first-order valence-corrected chi connectivity index (χ1v) is 7.86. The molecule has 114 valence electrons. The average Bonchev–Trinajstić information content (AvgIpc) is 2.35. The van der Waals surface area contributed by atoms with Crippen molar-refractivity contribution in [2.24, 2.45) is 5.92 Å². The van der Waals surface area contributed by atoms with Crippen molar-refractivity contribution < 1.29 is 18.3 Å². The van der Waals surface area contributed by atoms with Crippen molar-refractivity contribution in [1.82, 2.24) is 4.72 Å². The minimum Gasteiger partial charge on any atom is -0.495 e. The van der Waals surface area contributed by atoms with Gasteiger partial charge in [-0.05, 0) is 24.5 Å². The van der Waals surface area contributed by atoms with Gasteiger partial charge in [-0.3, -0.25) is 0 Å². The second-order valence-corrected chi connectivity index (χ2v) is 6.78. The minimum atomic E-state index is -3.74. The molecule has 1 unspecified atom stereocenters. The molecule has 0 saturated heterocycles. The number of sulfonamides is 1. The summed E-state index contributed by atoms with van der Waals surface area (Å²) in [4.78, 5) is 0.00551. The fourth-order valence-electron chi connectivity index (χ4n) is 1.82. The topological polar surface area (TPSA) is 102 Å². The molecule has 4 N–H and O–H groups in total. The third-order valence-electron chi connectivity index (χ3n) is 2.73. The van der Waals surface area contributed by atoms with Crippen molar-refractivity contribution in [3.05, 3.63) is 18.2 Å². The molecule has 7 heteroatoms. The van der Waals surface area contributed by atoms with Crippen LogP contribution in [-0.2, 0) is 10.0 Å². The quantitative estimate of drug-likeness (QED) is 0.651. The molecule has 0 amide bonds. The molecule has 0 aliphatic rings. The van der Waals surface area contributed by atoms with Crippen molar-refractivity contribution in [3.63, 3.8) is 0 Å². The Hall–Kier alpha value is -1.31. The van der Waals surface area contributed by atoms with E-state index in [-0.39, 0.29) is 17.2 Å². The predicted octanol–water partition coefficient (Wildman–Crippen LogP) is 0.963. The number of ether oxygens (including phenoxy) is 1. The smallest absolute Gasteiger partial charge is 0.244 e. The molecule has 6 nitrogen and oxygen atoms in total. The molecule has 1 aromatic rings. The molecule has 0 heterocycles. The Morgan fingerprint density at radius 1 is 1.40 bits per heavy atom. The van der Waals surface area contributed by atoms with Crippen molar-refractivity contribution in [3.8, 4) is 5.75 Å². The molecular weight excluding hydrogens is 280 g/mol. The van der Waals surface area contributed by atoms with E-state index in [0.29, 0.717) is 18.0 Å². The van der Waals surface area contributed by atoms with Gasteiger partial charge >= 0.3 is 0 Å². The summed E-state index contributed by atoms with van der Waals surface area (Å²) in [7, 11) is -2.36. The van der Waals surface area contributed by atoms with Crippen LogP contribution in [0.4, 0.5) is 5.69 Å². The van der Waals surface area contributed by atoms with Gasteiger partial charge in [0.15, 0.2) is 0 Å². The highest BCUT2D eigenvalue weighted by molar-refractivity contribution is 7.89. The summed E-state index contributed by atoms with van der Waals surface area (Å²) in [5.74, 6) is 0.469. The van der Waals surface area contributed by atoms with Gasteiger partial charge in [0, 0.05) is 18.3 Å². The van der Waals surface area contributed by atoms with Crippen LogP contribution in [0.15, 0.2) is 23.1 Å². The number of benzene rings is 1. The van der Waals surface area contributed by atoms with E-state index in [1.807, 2.05) is 13.8 Å². The molecular formula is C13H22N2O4S. The van der Waals surface area contributed by atoms with E-state index in [2.05, 4.69) is 4.72 Å². The molecule has 0 fully saturated rings. The van der Waals surface area contributed by atoms with Crippen LogP contribution in [0, 0.1) is 5.92 Å². The summed E-state index contributed by atoms with van der Waals surface area (Å²) < 4.78 is 31.7. The number of aliphatic hydroxyl groups excluding tert-OH is 1. The van der Waals surface area contributed by atoms with E-state index in [0.717, 1.165) is 0 Å². The zero-order chi connectivity index (χ0) is 15.3. The lowest BCUT2D eigenvalue weighted by molar-refractivity contribution is 0.152. The molecule has 0 aliphatic carbocycles. The monoisotopic (exact) mass is 302 g/mol. The van der Waals surface area contributed by atoms with Crippen molar-refractivity contribution in [2.45, 2.75) is 31.3 Å². The van der Waals surface area contributed by atoms with Gasteiger partial charge in [0.2, 0.25) is 10.0 Å². The third-order valence-corrected chi connectivity index (χ3v) is 4.19. The van der Waals surface area contributed by atoms with E-state index in [4.69, 9.17) is 10.5 Å². The van der Waals surface area contributed by atoms with Crippen LogP contribution in [0.25, 0.3) is 0 Å². The Morgan fingerprint density at radius 3 is 2.60 bits per heavy atom. The second-order valence-electron chi connectivity index (χ2n) is 5.05. The van der Waals surface area contributed by atoms with Crippen LogP contribution in [0.1, 0.15) is 20.3 Å². The molecule has 0 aliphatic heterocycles. The first-order chi connectivity index (χ1) is 9.26. The Balaban J connectivity index is 2.84. The summed E-state index contributed by atoms with van der Waals surface area (Å²) >= 11 is 0. The Labute approximate surface area is 120 Å². The van der Waals surface area contributed by atoms with Gasteiger partial charge in [-0.2, -0.15) is 0 Å². The summed E-state index contributed by atoms with van der Waals surface area (Å²) in [6.07, 6.45) is -0.189. The average molecular weight is 302 g/mol. The van der Waals surface area contributed by atoms with Gasteiger partial charge in [0.25, 0.3) is 0 Å². The third kappa shape index (κ3) is 4.66. The summed E-state index contributed by atoms with van der Waals surface area (Å²) in [6, 6.07) is 4.31. The van der Waals surface area contributed by atoms with E-state index in [1.54, 1.807) is 0 Å². The zero-order valence-electron chi connectivity index (χ0n) is 12.0. The minimum absolute atomic E-state index is 0.00551. The van der Waals surface area contributed by atoms with Gasteiger partial charge in [-0.25, -0.2) is 13.1 Å². The predicted molar refractivity (Wildman–Crippen MR) is 78.1 cm³/mol. The van der Waals surface area contributed by atoms with Crippen LogP contribution in [0.5, 0.6) is 5.75 Å². The number of anilines is 1. The van der Waals surface area contributed by atoms with Gasteiger partial charge in [0.05, 0.1) is 13.2 Å². The number of hydrogen-bond donors (Lipinski definition) is 3. The Morgan fingerprint density at radius 2 is 2.05 bits per heavy atom. The van der Waals surface area contributed by atoms with E-state index < -0.39 is 16.1 Å². The SMILES string of the molecule is COc1cc(N)ccc1S(=O)(=O)NCC(O)CC(C)C. The first kappa shape index (κ1) is 16.7. The highest BCUT2D eigenvalue weighted by Gasteiger charge is 2.20. The molecule has 20 heavy (non-hydrogen) atoms. The lowest BCUT2D eigenvalue weighted by Gasteiger charge is -2.15. The van der Waals surface area contributed by atoms with Crippen LogP contribution in [-0.4, -0.2) is 33.3 Å². The van der Waals surface area contributed by atoms with Gasteiger partial charge in [0.1, 0.15) is 10.6 Å². The van der Waals surface area contributed by atoms with Gasteiger partial charge < -0.3 is 15.6 Å². The number of hydrogen-bond acceptors (Lipinski definition) is 5. The number of nitrogen functional groups attached to an aromatic ring is 1. The number of rotatable bonds is 7. The summed E-state index contributed by atoms with van der Waals surface area (Å²) in [5.41, 5.74) is 6.01. The normalized spacial score (nSPS) is 13.4. The molecule has 0 radical (unpaired) electrons. The van der Waals surface area contributed by atoms with Crippen LogP contribution in [0.3, 0.4) is 0 Å².